The molecule has 0 radical (unpaired) electrons. The van der Waals surface area contributed by atoms with Gasteiger partial charge in [-0.05, 0) is 31.2 Å². The Hall–Kier alpha value is -2.23. The minimum atomic E-state index is 0.747. The quantitative estimate of drug-likeness (QED) is 0.736. The van der Waals surface area contributed by atoms with Crippen LogP contribution in [0.2, 0.25) is 0 Å². The highest BCUT2D eigenvalue weighted by Gasteiger charge is 2.01. The van der Waals surface area contributed by atoms with Crippen LogP contribution in [0.3, 0.4) is 0 Å². The lowest BCUT2D eigenvalue weighted by Crippen LogP contribution is -2.07. The van der Waals surface area contributed by atoms with Crippen molar-refractivity contribution in [2.45, 2.75) is 20.0 Å². The molecule has 0 aliphatic heterocycles. The number of H-pyrrole nitrogens is 1. The lowest BCUT2D eigenvalue weighted by Gasteiger charge is -2.08. The molecule has 0 aliphatic rings. The fourth-order valence-corrected chi connectivity index (χ4v) is 2.14. The van der Waals surface area contributed by atoms with Crippen LogP contribution in [-0.2, 0) is 13.1 Å². The predicted molar refractivity (Wildman–Crippen MR) is 73.5 cm³/mol. The maximum atomic E-state index is 4.35. The average Bonchev–Trinajstić information content (AvgIpc) is 3.04. The van der Waals surface area contributed by atoms with Crippen molar-refractivity contribution in [3.05, 3.63) is 48.7 Å². The maximum absolute atomic E-state index is 4.35. The largest absolute Gasteiger partial charge is 0.378 e. The van der Waals surface area contributed by atoms with Crippen LogP contribution in [0.1, 0.15) is 12.7 Å². The number of aromatic amines is 1. The highest BCUT2D eigenvalue weighted by Crippen LogP contribution is 2.18. The van der Waals surface area contributed by atoms with Gasteiger partial charge in [-0.15, -0.1) is 0 Å². The molecule has 0 unspecified atom stereocenters. The van der Waals surface area contributed by atoms with Gasteiger partial charge in [0.1, 0.15) is 5.82 Å². The Kier molecular flexibility index (Phi) is 2.76. The fourth-order valence-electron chi connectivity index (χ4n) is 2.14. The van der Waals surface area contributed by atoms with Crippen molar-refractivity contribution >= 4 is 16.6 Å². The molecule has 1 aromatic carbocycles. The van der Waals surface area contributed by atoms with Crippen LogP contribution in [-0.4, -0.2) is 14.5 Å². The Morgan fingerprint density at radius 3 is 3.17 bits per heavy atom. The summed E-state index contributed by atoms with van der Waals surface area (Å²) >= 11 is 0. The molecule has 2 aromatic heterocycles. The molecular weight excluding hydrogens is 224 g/mol. The number of imidazole rings is 1. The molecule has 3 aromatic rings. The van der Waals surface area contributed by atoms with Gasteiger partial charge in [0.25, 0.3) is 0 Å². The van der Waals surface area contributed by atoms with Crippen molar-refractivity contribution in [3.63, 3.8) is 0 Å². The first-order chi connectivity index (χ1) is 8.86. The second kappa shape index (κ2) is 4.56. The smallest absolute Gasteiger partial charge is 0.128 e. The number of nitrogens with zero attached hydrogens (tertiary/aromatic N) is 2. The van der Waals surface area contributed by atoms with E-state index in [4.69, 9.17) is 0 Å². The number of hydrogen-bond acceptors (Lipinski definition) is 2. The van der Waals surface area contributed by atoms with Crippen molar-refractivity contribution < 1.29 is 0 Å². The zero-order valence-electron chi connectivity index (χ0n) is 10.4. The van der Waals surface area contributed by atoms with Gasteiger partial charge in [0.15, 0.2) is 0 Å². The fraction of sp³-hybridized carbons (Fsp3) is 0.214. The summed E-state index contributed by atoms with van der Waals surface area (Å²) in [4.78, 5) is 7.54. The van der Waals surface area contributed by atoms with E-state index in [0.29, 0.717) is 0 Å². The third kappa shape index (κ3) is 1.97. The molecule has 0 amide bonds. The number of rotatable bonds is 4. The van der Waals surface area contributed by atoms with Crippen molar-refractivity contribution in [1.29, 1.82) is 0 Å². The van der Waals surface area contributed by atoms with Crippen LogP contribution in [0.25, 0.3) is 10.9 Å². The predicted octanol–water partition coefficient (Wildman–Crippen LogP) is 3.00. The van der Waals surface area contributed by atoms with E-state index in [1.807, 2.05) is 18.6 Å². The van der Waals surface area contributed by atoms with E-state index in [2.05, 4.69) is 51.0 Å². The summed E-state index contributed by atoms with van der Waals surface area (Å²) in [5.74, 6) is 1.06. The number of hydrogen-bond donors (Lipinski definition) is 2. The van der Waals surface area contributed by atoms with Gasteiger partial charge in [0.2, 0.25) is 0 Å². The summed E-state index contributed by atoms with van der Waals surface area (Å²) in [5, 5.41) is 4.63. The van der Waals surface area contributed by atoms with Gasteiger partial charge < -0.3 is 14.9 Å². The van der Waals surface area contributed by atoms with E-state index >= 15 is 0 Å². The zero-order chi connectivity index (χ0) is 12.4. The molecule has 18 heavy (non-hydrogen) atoms. The van der Waals surface area contributed by atoms with Gasteiger partial charge in [-0.1, -0.05) is 0 Å². The summed E-state index contributed by atoms with van der Waals surface area (Å²) in [5.41, 5.74) is 2.28. The van der Waals surface area contributed by atoms with Crippen LogP contribution in [0.4, 0.5) is 5.69 Å². The molecule has 0 atom stereocenters. The molecule has 0 saturated heterocycles. The molecule has 0 spiro atoms. The summed E-state index contributed by atoms with van der Waals surface area (Å²) in [6, 6.07) is 8.39. The SMILES string of the molecule is CCn1ccnc1CNc1ccc2[nH]ccc2c1. The Morgan fingerprint density at radius 1 is 1.33 bits per heavy atom. The highest BCUT2D eigenvalue weighted by atomic mass is 15.1. The van der Waals surface area contributed by atoms with Gasteiger partial charge in [0.05, 0.1) is 6.54 Å². The molecule has 0 aliphatic carbocycles. The van der Waals surface area contributed by atoms with E-state index in [-0.39, 0.29) is 0 Å². The normalized spacial score (nSPS) is 10.9. The van der Waals surface area contributed by atoms with Crippen molar-refractivity contribution in [2.24, 2.45) is 0 Å². The van der Waals surface area contributed by atoms with Crippen molar-refractivity contribution in [3.8, 4) is 0 Å². The van der Waals surface area contributed by atoms with Crippen LogP contribution in [0, 0.1) is 0 Å². The lowest BCUT2D eigenvalue weighted by atomic mass is 10.2. The Balaban J connectivity index is 1.76. The molecule has 0 bridgehead atoms. The van der Waals surface area contributed by atoms with Crippen LogP contribution < -0.4 is 5.32 Å². The van der Waals surface area contributed by atoms with E-state index in [9.17, 15) is 0 Å². The van der Waals surface area contributed by atoms with Gasteiger partial charge in [0, 0.05) is 41.7 Å². The molecule has 0 fully saturated rings. The lowest BCUT2D eigenvalue weighted by molar-refractivity contribution is 0.708. The van der Waals surface area contributed by atoms with Gasteiger partial charge in [-0.2, -0.15) is 0 Å². The minimum Gasteiger partial charge on any atom is -0.378 e. The van der Waals surface area contributed by atoms with Crippen LogP contribution in [0.5, 0.6) is 0 Å². The topological polar surface area (TPSA) is 45.6 Å². The molecule has 4 nitrogen and oxygen atoms in total. The summed E-state index contributed by atoms with van der Waals surface area (Å²) in [7, 11) is 0. The van der Waals surface area contributed by atoms with Gasteiger partial charge in [-0.3, -0.25) is 0 Å². The molecule has 4 heteroatoms. The van der Waals surface area contributed by atoms with Crippen molar-refractivity contribution in [1.82, 2.24) is 14.5 Å². The van der Waals surface area contributed by atoms with E-state index < -0.39 is 0 Å². The number of fused-ring (bicyclic) bond motifs is 1. The molecular formula is C14H16N4. The zero-order valence-corrected chi connectivity index (χ0v) is 10.4. The number of benzene rings is 1. The molecule has 3 rings (SSSR count). The third-order valence-electron chi connectivity index (χ3n) is 3.15. The van der Waals surface area contributed by atoms with Crippen LogP contribution in [0.15, 0.2) is 42.9 Å². The Bertz CT molecular complexity index is 650. The highest BCUT2D eigenvalue weighted by molar-refractivity contribution is 5.82. The molecule has 2 heterocycles. The van der Waals surface area contributed by atoms with Gasteiger partial charge >= 0.3 is 0 Å². The average molecular weight is 240 g/mol. The second-order valence-electron chi connectivity index (χ2n) is 4.26. The van der Waals surface area contributed by atoms with Gasteiger partial charge in [-0.25, -0.2) is 4.98 Å². The first kappa shape index (κ1) is 10.9. The Labute approximate surface area is 106 Å². The first-order valence-corrected chi connectivity index (χ1v) is 6.18. The van der Waals surface area contributed by atoms with E-state index in [1.165, 1.54) is 5.39 Å². The summed E-state index contributed by atoms with van der Waals surface area (Å²) in [6.07, 6.45) is 5.81. The number of aromatic nitrogens is 3. The number of anilines is 1. The summed E-state index contributed by atoms with van der Waals surface area (Å²) in [6.45, 7) is 3.82. The maximum Gasteiger partial charge on any atom is 0.128 e. The monoisotopic (exact) mass is 240 g/mol. The minimum absolute atomic E-state index is 0.747. The number of aryl methyl sites for hydroxylation is 1. The van der Waals surface area contributed by atoms with Crippen molar-refractivity contribution in [2.75, 3.05) is 5.32 Å². The summed E-state index contributed by atoms with van der Waals surface area (Å²) < 4.78 is 2.14. The standard InChI is InChI=1S/C14H16N4/c1-2-18-8-7-16-14(18)10-17-12-3-4-13-11(9-12)5-6-15-13/h3-9,15,17H,2,10H2,1H3. The molecule has 2 N–H and O–H groups in total. The first-order valence-electron chi connectivity index (χ1n) is 6.18. The van der Waals surface area contributed by atoms with E-state index in [0.717, 1.165) is 30.1 Å². The van der Waals surface area contributed by atoms with Crippen LogP contribution >= 0.6 is 0 Å². The second-order valence-corrected chi connectivity index (χ2v) is 4.26. The molecule has 92 valence electrons. The number of nitrogens with one attached hydrogen (secondary N) is 2. The third-order valence-corrected chi connectivity index (χ3v) is 3.15. The molecule has 0 saturated carbocycles. The Morgan fingerprint density at radius 2 is 2.28 bits per heavy atom. The van der Waals surface area contributed by atoms with E-state index in [1.54, 1.807) is 0 Å².